The van der Waals surface area contributed by atoms with Gasteiger partial charge in [-0.2, -0.15) is 5.26 Å². The topological polar surface area (TPSA) is 27.0 Å². The number of benzene rings is 2. The van der Waals surface area contributed by atoms with Crippen LogP contribution in [0, 0.1) is 23.0 Å². The maximum Gasteiger partial charge on any atom is 0.126 e. The van der Waals surface area contributed by atoms with Crippen LogP contribution in [0.1, 0.15) is 5.56 Å². The van der Waals surface area contributed by atoms with E-state index in [0.29, 0.717) is 11.4 Å². The second kappa shape index (κ2) is 4.84. The maximum atomic E-state index is 13.3. The number of rotatable bonds is 2. The first-order chi connectivity index (χ1) is 8.60. The zero-order chi connectivity index (χ0) is 13.1. The van der Waals surface area contributed by atoms with Crippen LogP contribution < -0.4 is 4.90 Å². The van der Waals surface area contributed by atoms with E-state index >= 15 is 0 Å². The molecule has 0 spiro atoms. The lowest BCUT2D eigenvalue weighted by Gasteiger charge is -2.19. The Balaban J connectivity index is 2.43. The maximum absolute atomic E-state index is 13.3. The average molecular weight is 244 g/mol. The van der Waals surface area contributed by atoms with E-state index in [1.54, 1.807) is 30.1 Å². The highest BCUT2D eigenvalue weighted by atomic mass is 19.1. The quantitative estimate of drug-likeness (QED) is 0.807. The molecule has 0 fully saturated rings. The highest BCUT2D eigenvalue weighted by molar-refractivity contribution is 5.64. The van der Waals surface area contributed by atoms with Crippen LogP contribution in [0.3, 0.4) is 0 Å². The summed E-state index contributed by atoms with van der Waals surface area (Å²) in [7, 11) is 1.69. The van der Waals surface area contributed by atoms with Crippen molar-refractivity contribution in [2.45, 2.75) is 0 Å². The molecule has 0 bridgehead atoms. The summed E-state index contributed by atoms with van der Waals surface area (Å²) >= 11 is 0. The van der Waals surface area contributed by atoms with Gasteiger partial charge < -0.3 is 4.90 Å². The molecule has 0 heterocycles. The molecule has 2 aromatic carbocycles. The van der Waals surface area contributed by atoms with E-state index in [-0.39, 0.29) is 11.4 Å². The summed E-state index contributed by atoms with van der Waals surface area (Å²) in [6.45, 7) is 0. The van der Waals surface area contributed by atoms with E-state index in [0.717, 1.165) is 6.07 Å². The largest absolute Gasteiger partial charge is 0.344 e. The van der Waals surface area contributed by atoms with Gasteiger partial charge in [0.2, 0.25) is 0 Å². The molecule has 0 aliphatic carbocycles. The smallest absolute Gasteiger partial charge is 0.126 e. The van der Waals surface area contributed by atoms with Gasteiger partial charge in [0.05, 0.1) is 11.6 Å². The first kappa shape index (κ1) is 12.1. The van der Waals surface area contributed by atoms with Crippen molar-refractivity contribution in [1.29, 1.82) is 5.26 Å². The average Bonchev–Trinajstić information content (AvgIpc) is 2.37. The number of anilines is 2. The van der Waals surface area contributed by atoms with E-state index in [4.69, 9.17) is 5.26 Å². The lowest BCUT2D eigenvalue weighted by molar-refractivity contribution is 0.626. The standard InChI is InChI=1S/C14H10F2N2/c1-18(13-4-2-3-11(15)7-13)14-6-10(9-17)5-12(16)8-14/h2-8H,1H3. The molecule has 0 radical (unpaired) electrons. The fraction of sp³-hybridized carbons (Fsp3) is 0.0714. The van der Waals surface area contributed by atoms with Crippen LogP contribution in [-0.4, -0.2) is 7.05 Å². The van der Waals surface area contributed by atoms with Gasteiger partial charge in [0.25, 0.3) is 0 Å². The van der Waals surface area contributed by atoms with Gasteiger partial charge in [0.1, 0.15) is 11.6 Å². The number of nitrogens with zero attached hydrogens (tertiary/aromatic N) is 2. The lowest BCUT2D eigenvalue weighted by Crippen LogP contribution is -2.10. The molecule has 0 aromatic heterocycles. The molecule has 0 atom stereocenters. The molecule has 0 saturated carbocycles. The van der Waals surface area contributed by atoms with Crippen LogP contribution in [0.2, 0.25) is 0 Å². The molecule has 90 valence electrons. The number of hydrogen-bond acceptors (Lipinski definition) is 2. The fourth-order valence-corrected chi connectivity index (χ4v) is 1.67. The second-order valence-electron chi connectivity index (χ2n) is 3.85. The van der Waals surface area contributed by atoms with E-state index in [1.807, 2.05) is 6.07 Å². The van der Waals surface area contributed by atoms with Gasteiger partial charge in [-0.3, -0.25) is 0 Å². The van der Waals surface area contributed by atoms with Crippen molar-refractivity contribution in [2.24, 2.45) is 0 Å². The normalized spacial score (nSPS) is 9.89. The first-order valence-corrected chi connectivity index (χ1v) is 5.30. The first-order valence-electron chi connectivity index (χ1n) is 5.30. The van der Waals surface area contributed by atoms with Crippen molar-refractivity contribution in [3.8, 4) is 6.07 Å². The summed E-state index contributed by atoms with van der Waals surface area (Å²) in [6, 6.07) is 11.9. The highest BCUT2D eigenvalue weighted by Gasteiger charge is 2.08. The Morgan fingerprint density at radius 3 is 2.39 bits per heavy atom. The zero-order valence-corrected chi connectivity index (χ0v) is 9.69. The Hall–Kier alpha value is -2.41. The third-order valence-electron chi connectivity index (χ3n) is 2.59. The van der Waals surface area contributed by atoms with Gasteiger partial charge in [0.15, 0.2) is 0 Å². The van der Waals surface area contributed by atoms with Crippen LogP contribution in [-0.2, 0) is 0 Å². The van der Waals surface area contributed by atoms with Crippen LogP contribution in [0.25, 0.3) is 0 Å². The SMILES string of the molecule is CN(c1cccc(F)c1)c1cc(F)cc(C#N)c1. The van der Waals surface area contributed by atoms with Crippen LogP contribution in [0.4, 0.5) is 20.2 Å². The molecule has 0 aliphatic rings. The Kier molecular flexibility index (Phi) is 3.24. The molecule has 0 saturated heterocycles. The number of nitriles is 1. The molecule has 0 N–H and O–H groups in total. The Morgan fingerprint density at radius 2 is 1.72 bits per heavy atom. The van der Waals surface area contributed by atoms with E-state index < -0.39 is 5.82 Å². The molecule has 0 aliphatic heterocycles. The van der Waals surface area contributed by atoms with Gasteiger partial charge in [-0.1, -0.05) is 6.07 Å². The molecule has 4 heteroatoms. The molecule has 0 amide bonds. The monoisotopic (exact) mass is 244 g/mol. The molecule has 18 heavy (non-hydrogen) atoms. The van der Waals surface area contributed by atoms with Crippen LogP contribution >= 0.6 is 0 Å². The van der Waals surface area contributed by atoms with Gasteiger partial charge in [-0.25, -0.2) is 8.78 Å². The molecule has 0 unspecified atom stereocenters. The number of halogens is 2. The summed E-state index contributed by atoms with van der Waals surface area (Å²) in [6.07, 6.45) is 0. The summed E-state index contributed by atoms with van der Waals surface area (Å²) < 4.78 is 26.4. The van der Waals surface area contributed by atoms with Gasteiger partial charge in [0, 0.05) is 18.4 Å². The Morgan fingerprint density at radius 1 is 1.00 bits per heavy atom. The minimum Gasteiger partial charge on any atom is -0.344 e. The fourth-order valence-electron chi connectivity index (χ4n) is 1.67. The van der Waals surface area contributed by atoms with Crippen molar-refractivity contribution in [2.75, 3.05) is 11.9 Å². The molecule has 2 aromatic rings. The lowest BCUT2D eigenvalue weighted by atomic mass is 10.2. The van der Waals surface area contributed by atoms with Gasteiger partial charge in [-0.05, 0) is 36.4 Å². The van der Waals surface area contributed by atoms with Crippen LogP contribution in [0.15, 0.2) is 42.5 Å². The van der Waals surface area contributed by atoms with Crippen molar-refractivity contribution >= 4 is 11.4 Å². The predicted molar refractivity (Wildman–Crippen MR) is 65.6 cm³/mol. The molecule has 2 nitrogen and oxygen atoms in total. The van der Waals surface area contributed by atoms with Crippen molar-refractivity contribution in [1.82, 2.24) is 0 Å². The van der Waals surface area contributed by atoms with Crippen molar-refractivity contribution < 1.29 is 8.78 Å². The number of hydrogen-bond donors (Lipinski definition) is 0. The predicted octanol–water partition coefficient (Wildman–Crippen LogP) is 3.60. The van der Waals surface area contributed by atoms with Crippen molar-refractivity contribution in [3.63, 3.8) is 0 Å². The van der Waals surface area contributed by atoms with E-state index in [1.165, 1.54) is 18.2 Å². The third kappa shape index (κ3) is 2.46. The molecule has 2 rings (SSSR count). The minimum absolute atomic E-state index is 0.230. The van der Waals surface area contributed by atoms with Gasteiger partial charge >= 0.3 is 0 Å². The van der Waals surface area contributed by atoms with E-state index in [9.17, 15) is 8.78 Å². The Labute approximate surface area is 104 Å². The van der Waals surface area contributed by atoms with Gasteiger partial charge in [-0.15, -0.1) is 0 Å². The molecular weight excluding hydrogens is 234 g/mol. The van der Waals surface area contributed by atoms with E-state index in [2.05, 4.69) is 0 Å². The minimum atomic E-state index is -0.493. The summed E-state index contributed by atoms with van der Waals surface area (Å²) in [5.41, 5.74) is 1.31. The van der Waals surface area contributed by atoms with Crippen LogP contribution in [0.5, 0.6) is 0 Å². The Bertz CT molecular complexity index is 617. The van der Waals surface area contributed by atoms with Crippen molar-refractivity contribution in [3.05, 3.63) is 59.7 Å². The molecular formula is C14H10F2N2. The second-order valence-corrected chi connectivity index (χ2v) is 3.85. The zero-order valence-electron chi connectivity index (χ0n) is 9.69. The summed E-state index contributed by atoms with van der Waals surface area (Å²) in [5, 5.41) is 8.79. The highest BCUT2D eigenvalue weighted by Crippen LogP contribution is 2.25. The summed E-state index contributed by atoms with van der Waals surface area (Å²) in [5.74, 6) is -0.858. The summed E-state index contributed by atoms with van der Waals surface area (Å²) in [4.78, 5) is 1.62. The third-order valence-corrected chi connectivity index (χ3v) is 2.59.